The summed E-state index contributed by atoms with van der Waals surface area (Å²) in [5.74, 6) is -0.340. The van der Waals surface area contributed by atoms with Crippen molar-refractivity contribution in [1.82, 2.24) is 0 Å². The Kier molecular flexibility index (Phi) is 6.52. The maximum absolute atomic E-state index is 11.9. The maximum atomic E-state index is 11.9. The molecule has 1 aromatic rings. The minimum absolute atomic E-state index is 0.0540. The zero-order valence-corrected chi connectivity index (χ0v) is 13.3. The van der Waals surface area contributed by atoms with Crippen LogP contribution in [0.15, 0.2) is 29.2 Å². The van der Waals surface area contributed by atoms with E-state index in [1.807, 2.05) is 52.0 Å². The van der Waals surface area contributed by atoms with E-state index in [4.69, 9.17) is 10.5 Å². The van der Waals surface area contributed by atoms with Crippen LogP contribution in [-0.4, -0.2) is 21.8 Å². The number of hydrogen-bond donors (Lipinski definition) is 1. The smallest absolute Gasteiger partial charge is 0.323 e. The van der Waals surface area contributed by atoms with Crippen molar-refractivity contribution in [2.45, 2.75) is 50.5 Å². The van der Waals surface area contributed by atoms with Gasteiger partial charge < -0.3 is 15.0 Å². The van der Waals surface area contributed by atoms with Crippen LogP contribution in [0, 0.1) is 5.92 Å². The first kappa shape index (κ1) is 17.0. The van der Waals surface area contributed by atoms with Gasteiger partial charge >= 0.3 is 5.97 Å². The highest BCUT2D eigenvalue weighted by molar-refractivity contribution is 7.92. The lowest BCUT2D eigenvalue weighted by molar-refractivity contribution is -0.147. The van der Waals surface area contributed by atoms with Crippen LogP contribution in [0.3, 0.4) is 0 Å². The van der Waals surface area contributed by atoms with Crippen LogP contribution in [-0.2, 0) is 27.3 Å². The molecule has 0 radical (unpaired) electrons. The first-order chi connectivity index (χ1) is 9.32. The third-order valence-corrected chi connectivity index (χ3v) is 4.55. The van der Waals surface area contributed by atoms with Crippen molar-refractivity contribution in [2.24, 2.45) is 11.7 Å². The molecule has 0 aliphatic rings. The molecule has 4 nitrogen and oxygen atoms in total. The molecule has 20 heavy (non-hydrogen) atoms. The Hall–Kier alpha value is -1.04. The van der Waals surface area contributed by atoms with Gasteiger partial charge in [0.05, 0.1) is 0 Å². The third kappa shape index (κ3) is 4.81. The molecule has 0 aromatic heterocycles. The highest BCUT2D eigenvalue weighted by Crippen LogP contribution is 2.17. The first-order valence-electron chi connectivity index (χ1n) is 6.74. The van der Waals surface area contributed by atoms with Gasteiger partial charge in [0.15, 0.2) is 4.90 Å². The molecular formula is C15H23NO3S. The molecule has 112 valence electrons. The van der Waals surface area contributed by atoms with E-state index in [1.54, 1.807) is 0 Å². The Balaban J connectivity index is 2.56. The summed E-state index contributed by atoms with van der Waals surface area (Å²) in [5, 5.41) is 0.0858. The van der Waals surface area contributed by atoms with Crippen LogP contribution in [0.2, 0.25) is 0 Å². The fraction of sp³-hybridized carbons (Fsp3) is 0.533. The Labute approximate surface area is 123 Å². The van der Waals surface area contributed by atoms with Crippen molar-refractivity contribution >= 4 is 17.1 Å². The molecule has 2 N–H and O–H groups in total. The third-order valence-electron chi connectivity index (χ3n) is 2.96. The predicted molar refractivity (Wildman–Crippen MR) is 80.6 cm³/mol. The van der Waals surface area contributed by atoms with Gasteiger partial charge in [0.25, 0.3) is 0 Å². The number of benzene rings is 1. The van der Waals surface area contributed by atoms with Crippen LogP contribution in [0.25, 0.3) is 0 Å². The Morgan fingerprint density at radius 3 is 2.25 bits per heavy atom. The molecule has 0 saturated heterocycles. The van der Waals surface area contributed by atoms with Gasteiger partial charge in [-0.05, 0) is 48.6 Å². The molecule has 0 fully saturated rings. The second kappa shape index (κ2) is 7.67. The molecule has 1 aromatic carbocycles. The lowest BCUT2D eigenvalue weighted by atomic mass is 10.1. The lowest BCUT2D eigenvalue weighted by Gasteiger charge is -2.15. The number of esters is 1. The summed E-state index contributed by atoms with van der Waals surface area (Å²) in [4.78, 5) is 12.4. The van der Waals surface area contributed by atoms with Crippen molar-refractivity contribution in [2.75, 3.05) is 0 Å². The van der Waals surface area contributed by atoms with E-state index in [0.717, 1.165) is 10.5 Å². The van der Waals surface area contributed by atoms with Gasteiger partial charge in [0, 0.05) is 0 Å². The highest BCUT2D eigenvalue weighted by atomic mass is 32.2. The number of carbonyl (C=O) groups is 1. The zero-order valence-electron chi connectivity index (χ0n) is 12.5. The SMILES string of the molecule is CC(C)[C@H](N)C(=O)OCc1ccc([S+]([O-])C(C)C)cc1. The van der Waals surface area contributed by atoms with E-state index in [9.17, 15) is 9.35 Å². The number of hydrogen-bond acceptors (Lipinski definition) is 4. The van der Waals surface area contributed by atoms with E-state index < -0.39 is 23.2 Å². The topological polar surface area (TPSA) is 75.4 Å². The minimum Gasteiger partial charge on any atom is -0.611 e. The Bertz CT molecular complexity index is 431. The number of carbonyl (C=O) groups excluding carboxylic acids is 1. The predicted octanol–water partition coefficient (Wildman–Crippen LogP) is 2.23. The minimum atomic E-state index is -0.997. The monoisotopic (exact) mass is 297 g/mol. The molecule has 5 heteroatoms. The molecule has 2 atom stereocenters. The van der Waals surface area contributed by atoms with Crippen LogP contribution >= 0.6 is 0 Å². The van der Waals surface area contributed by atoms with Crippen molar-refractivity contribution in [1.29, 1.82) is 0 Å². The standard InChI is InChI=1S/C15H23NO3S/c1-10(2)14(16)15(17)19-9-12-5-7-13(8-6-12)20(18)11(3)4/h5-8,10-11,14H,9,16H2,1-4H3/t14-,20?/m0/s1. The average molecular weight is 297 g/mol. The van der Waals surface area contributed by atoms with Crippen LogP contribution in [0.1, 0.15) is 33.3 Å². The largest absolute Gasteiger partial charge is 0.611 e. The number of ether oxygens (including phenoxy) is 1. The second-order valence-corrected chi connectivity index (χ2v) is 7.38. The molecule has 0 bridgehead atoms. The normalized spacial score (nSPS) is 14.4. The van der Waals surface area contributed by atoms with Gasteiger partial charge in [-0.3, -0.25) is 4.79 Å². The maximum Gasteiger partial charge on any atom is 0.323 e. The lowest BCUT2D eigenvalue weighted by Crippen LogP contribution is -2.36. The van der Waals surface area contributed by atoms with E-state index in [1.165, 1.54) is 0 Å². The first-order valence-corrected chi connectivity index (χ1v) is 7.96. The quantitative estimate of drug-likeness (QED) is 0.645. The van der Waals surface area contributed by atoms with E-state index >= 15 is 0 Å². The fourth-order valence-electron chi connectivity index (χ4n) is 1.51. The fourth-order valence-corrected chi connectivity index (χ4v) is 2.46. The summed E-state index contributed by atoms with van der Waals surface area (Å²) in [5.41, 5.74) is 6.57. The molecule has 0 aliphatic carbocycles. The van der Waals surface area contributed by atoms with E-state index in [0.29, 0.717) is 0 Å². The Morgan fingerprint density at radius 1 is 1.25 bits per heavy atom. The van der Waals surface area contributed by atoms with Gasteiger partial charge in [-0.25, -0.2) is 0 Å². The molecule has 0 spiro atoms. The molecule has 0 aliphatic heterocycles. The Morgan fingerprint density at radius 2 is 1.80 bits per heavy atom. The van der Waals surface area contributed by atoms with Crippen LogP contribution in [0.4, 0.5) is 0 Å². The van der Waals surface area contributed by atoms with Gasteiger partial charge in [-0.2, -0.15) is 0 Å². The number of rotatable bonds is 6. The highest BCUT2D eigenvalue weighted by Gasteiger charge is 2.19. The molecule has 0 amide bonds. The summed E-state index contributed by atoms with van der Waals surface area (Å²) >= 11 is -0.997. The summed E-state index contributed by atoms with van der Waals surface area (Å²) in [6, 6.07) is 6.67. The van der Waals surface area contributed by atoms with Gasteiger partial charge in [-0.1, -0.05) is 26.0 Å². The van der Waals surface area contributed by atoms with Crippen molar-refractivity contribution in [3.05, 3.63) is 29.8 Å². The molecular weight excluding hydrogens is 274 g/mol. The van der Waals surface area contributed by atoms with E-state index in [-0.39, 0.29) is 17.8 Å². The number of nitrogens with two attached hydrogens (primary N) is 1. The van der Waals surface area contributed by atoms with Crippen LogP contribution in [0.5, 0.6) is 0 Å². The van der Waals surface area contributed by atoms with Crippen molar-refractivity contribution < 1.29 is 14.1 Å². The average Bonchev–Trinajstić information content (AvgIpc) is 2.43. The summed E-state index contributed by atoms with van der Waals surface area (Å²) in [6.07, 6.45) is 0. The van der Waals surface area contributed by atoms with Gasteiger partial charge in [-0.15, -0.1) is 0 Å². The molecule has 0 heterocycles. The van der Waals surface area contributed by atoms with E-state index in [2.05, 4.69) is 0 Å². The molecule has 1 rings (SSSR count). The van der Waals surface area contributed by atoms with Crippen molar-refractivity contribution in [3.63, 3.8) is 0 Å². The second-order valence-electron chi connectivity index (χ2n) is 5.37. The summed E-state index contributed by atoms with van der Waals surface area (Å²) in [7, 11) is 0. The molecule has 1 unspecified atom stereocenters. The molecule has 0 saturated carbocycles. The van der Waals surface area contributed by atoms with Crippen molar-refractivity contribution in [3.8, 4) is 0 Å². The van der Waals surface area contributed by atoms with Gasteiger partial charge in [0.1, 0.15) is 17.9 Å². The zero-order chi connectivity index (χ0) is 15.3. The summed E-state index contributed by atoms with van der Waals surface area (Å²) in [6.45, 7) is 7.77. The summed E-state index contributed by atoms with van der Waals surface area (Å²) < 4.78 is 17.1. The van der Waals surface area contributed by atoms with Gasteiger partial charge in [0.2, 0.25) is 0 Å². The van der Waals surface area contributed by atoms with Crippen LogP contribution < -0.4 is 5.73 Å².